The summed E-state index contributed by atoms with van der Waals surface area (Å²) in [5.41, 5.74) is 1.18. The molecule has 0 aliphatic carbocycles. The highest BCUT2D eigenvalue weighted by Crippen LogP contribution is 2.22. The van der Waals surface area contributed by atoms with Crippen molar-refractivity contribution in [3.05, 3.63) is 12.2 Å². The van der Waals surface area contributed by atoms with Gasteiger partial charge in [-0.3, -0.25) is 0 Å². The number of likely N-dealkylation sites (tertiary alicyclic amines) is 1. The number of hydrogen-bond donors (Lipinski definition) is 1. The molecular formula is C9H15NO2. The Balaban J connectivity index is 2.39. The Hall–Kier alpha value is -0.990. The minimum absolute atomic E-state index is 0.528. The third kappa shape index (κ3) is 2.00. The standard InChI is InChI=1S/C9H15NO2/c1-7(2)8-3-5-10(6-4-8)9(11)12/h8H,1,3-6H2,2H3,(H,11,12). The summed E-state index contributed by atoms with van der Waals surface area (Å²) in [6, 6.07) is 0. The van der Waals surface area contributed by atoms with Gasteiger partial charge in [-0.1, -0.05) is 12.2 Å². The molecule has 1 rings (SSSR count). The summed E-state index contributed by atoms with van der Waals surface area (Å²) in [4.78, 5) is 12.0. The van der Waals surface area contributed by atoms with Gasteiger partial charge in [0.25, 0.3) is 0 Å². The quantitative estimate of drug-likeness (QED) is 0.609. The van der Waals surface area contributed by atoms with Crippen LogP contribution in [0.3, 0.4) is 0 Å². The Morgan fingerprint density at radius 1 is 1.50 bits per heavy atom. The molecule has 0 atom stereocenters. The predicted octanol–water partition coefficient (Wildman–Crippen LogP) is 1.95. The Kier molecular flexibility index (Phi) is 2.74. The highest BCUT2D eigenvalue weighted by Gasteiger charge is 2.21. The van der Waals surface area contributed by atoms with Crippen molar-refractivity contribution in [3.63, 3.8) is 0 Å². The molecule has 1 saturated heterocycles. The lowest BCUT2D eigenvalue weighted by atomic mass is 9.91. The lowest BCUT2D eigenvalue weighted by Crippen LogP contribution is -2.37. The van der Waals surface area contributed by atoms with E-state index in [1.54, 1.807) is 0 Å². The lowest BCUT2D eigenvalue weighted by Gasteiger charge is -2.30. The van der Waals surface area contributed by atoms with Gasteiger partial charge in [0.1, 0.15) is 0 Å². The summed E-state index contributed by atoms with van der Waals surface area (Å²) in [7, 11) is 0. The van der Waals surface area contributed by atoms with Crippen LogP contribution in [0.25, 0.3) is 0 Å². The molecule has 0 aromatic heterocycles. The number of allylic oxidation sites excluding steroid dienone is 1. The summed E-state index contributed by atoms with van der Waals surface area (Å²) in [5, 5.41) is 8.67. The number of nitrogens with zero attached hydrogens (tertiary/aromatic N) is 1. The molecule has 1 amide bonds. The first-order valence-corrected chi connectivity index (χ1v) is 4.24. The number of amides is 1. The van der Waals surface area contributed by atoms with Gasteiger partial charge in [-0.15, -0.1) is 0 Å². The number of hydrogen-bond acceptors (Lipinski definition) is 1. The number of rotatable bonds is 1. The summed E-state index contributed by atoms with van der Waals surface area (Å²) >= 11 is 0. The van der Waals surface area contributed by atoms with Crippen LogP contribution in [0.4, 0.5) is 4.79 Å². The van der Waals surface area contributed by atoms with E-state index in [4.69, 9.17) is 5.11 Å². The van der Waals surface area contributed by atoms with Crippen LogP contribution < -0.4 is 0 Å². The maximum atomic E-state index is 10.5. The topological polar surface area (TPSA) is 40.5 Å². The van der Waals surface area contributed by atoms with Gasteiger partial charge in [-0.2, -0.15) is 0 Å². The normalized spacial score (nSPS) is 19.2. The molecule has 1 aliphatic rings. The van der Waals surface area contributed by atoms with Crippen LogP contribution in [0.15, 0.2) is 12.2 Å². The van der Waals surface area contributed by atoms with E-state index >= 15 is 0 Å². The van der Waals surface area contributed by atoms with Gasteiger partial charge in [0, 0.05) is 13.1 Å². The van der Waals surface area contributed by atoms with Crippen LogP contribution in [-0.4, -0.2) is 29.2 Å². The zero-order chi connectivity index (χ0) is 9.14. The lowest BCUT2D eigenvalue weighted by molar-refractivity contribution is 0.128. The number of piperidine rings is 1. The van der Waals surface area contributed by atoms with Gasteiger partial charge in [0.05, 0.1) is 0 Å². The van der Waals surface area contributed by atoms with E-state index in [2.05, 4.69) is 6.58 Å². The van der Waals surface area contributed by atoms with E-state index in [0.29, 0.717) is 19.0 Å². The molecule has 1 heterocycles. The van der Waals surface area contributed by atoms with Crippen LogP contribution in [-0.2, 0) is 0 Å². The average Bonchev–Trinajstić information content (AvgIpc) is 2.04. The zero-order valence-corrected chi connectivity index (χ0v) is 7.42. The van der Waals surface area contributed by atoms with Crippen LogP contribution in [0.1, 0.15) is 19.8 Å². The largest absolute Gasteiger partial charge is 0.465 e. The van der Waals surface area contributed by atoms with Crippen molar-refractivity contribution in [3.8, 4) is 0 Å². The maximum Gasteiger partial charge on any atom is 0.407 e. The Labute approximate surface area is 72.7 Å². The van der Waals surface area contributed by atoms with E-state index in [9.17, 15) is 4.79 Å². The first-order valence-electron chi connectivity index (χ1n) is 4.24. The fraction of sp³-hybridized carbons (Fsp3) is 0.667. The maximum absolute atomic E-state index is 10.5. The molecule has 68 valence electrons. The van der Waals surface area contributed by atoms with Gasteiger partial charge in [0.15, 0.2) is 0 Å². The molecule has 0 aromatic carbocycles. The van der Waals surface area contributed by atoms with Crippen LogP contribution >= 0.6 is 0 Å². The Morgan fingerprint density at radius 3 is 2.33 bits per heavy atom. The van der Waals surface area contributed by atoms with E-state index in [-0.39, 0.29) is 0 Å². The molecule has 1 aliphatic heterocycles. The molecule has 0 radical (unpaired) electrons. The Morgan fingerprint density at radius 2 is 2.00 bits per heavy atom. The van der Waals surface area contributed by atoms with E-state index in [1.807, 2.05) is 6.92 Å². The van der Waals surface area contributed by atoms with Crippen LogP contribution in [0.5, 0.6) is 0 Å². The highest BCUT2D eigenvalue weighted by molar-refractivity contribution is 5.65. The van der Waals surface area contributed by atoms with Crippen molar-refractivity contribution in [1.29, 1.82) is 0 Å². The SMILES string of the molecule is C=C(C)C1CCN(C(=O)O)CC1. The average molecular weight is 169 g/mol. The van der Waals surface area contributed by atoms with E-state index in [0.717, 1.165) is 12.8 Å². The van der Waals surface area contributed by atoms with Gasteiger partial charge >= 0.3 is 6.09 Å². The number of carboxylic acid groups (broad SMARTS) is 1. The van der Waals surface area contributed by atoms with Gasteiger partial charge in [-0.25, -0.2) is 4.79 Å². The molecule has 0 spiro atoms. The first kappa shape index (κ1) is 9.10. The minimum Gasteiger partial charge on any atom is -0.465 e. The number of carbonyl (C=O) groups is 1. The smallest absolute Gasteiger partial charge is 0.407 e. The van der Waals surface area contributed by atoms with Crippen LogP contribution in [0.2, 0.25) is 0 Å². The highest BCUT2D eigenvalue weighted by atomic mass is 16.4. The molecule has 1 fully saturated rings. The molecule has 1 N–H and O–H groups in total. The second-order valence-corrected chi connectivity index (χ2v) is 3.39. The summed E-state index contributed by atoms with van der Waals surface area (Å²) in [5.74, 6) is 0.528. The fourth-order valence-electron chi connectivity index (χ4n) is 1.56. The van der Waals surface area contributed by atoms with Gasteiger partial charge < -0.3 is 10.0 Å². The van der Waals surface area contributed by atoms with Crippen molar-refractivity contribution < 1.29 is 9.90 Å². The molecule has 12 heavy (non-hydrogen) atoms. The third-order valence-electron chi connectivity index (χ3n) is 2.46. The van der Waals surface area contributed by atoms with Crippen molar-refractivity contribution in [1.82, 2.24) is 4.90 Å². The monoisotopic (exact) mass is 169 g/mol. The molecule has 0 bridgehead atoms. The van der Waals surface area contributed by atoms with Crippen molar-refractivity contribution in [2.45, 2.75) is 19.8 Å². The van der Waals surface area contributed by atoms with Crippen LogP contribution in [0, 0.1) is 5.92 Å². The molecule has 3 nitrogen and oxygen atoms in total. The van der Waals surface area contributed by atoms with Crippen molar-refractivity contribution in [2.24, 2.45) is 5.92 Å². The second kappa shape index (κ2) is 3.61. The summed E-state index contributed by atoms with van der Waals surface area (Å²) in [6.45, 7) is 7.22. The summed E-state index contributed by atoms with van der Waals surface area (Å²) in [6.07, 6.45) is 1.07. The second-order valence-electron chi connectivity index (χ2n) is 3.39. The van der Waals surface area contributed by atoms with Gasteiger partial charge in [-0.05, 0) is 25.7 Å². The van der Waals surface area contributed by atoms with Gasteiger partial charge in [0.2, 0.25) is 0 Å². The van der Waals surface area contributed by atoms with Crippen molar-refractivity contribution in [2.75, 3.05) is 13.1 Å². The third-order valence-corrected chi connectivity index (χ3v) is 2.46. The predicted molar refractivity (Wildman–Crippen MR) is 47.1 cm³/mol. The molecule has 3 heteroatoms. The van der Waals surface area contributed by atoms with E-state index < -0.39 is 6.09 Å². The Bertz CT molecular complexity index is 171. The minimum atomic E-state index is -0.796. The van der Waals surface area contributed by atoms with Crippen molar-refractivity contribution >= 4 is 6.09 Å². The fourth-order valence-corrected chi connectivity index (χ4v) is 1.56. The first-order chi connectivity index (χ1) is 5.61. The molecule has 0 aromatic rings. The molecular weight excluding hydrogens is 154 g/mol. The summed E-state index contributed by atoms with van der Waals surface area (Å²) < 4.78 is 0. The van der Waals surface area contributed by atoms with E-state index in [1.165, 1.54) is 10.5 Å². The molecule has 0 unspecified atom stereocenters. The zero-order valence-electron chi connectivity index (χ0n) is 7.42. The molecule has 0 saturated carbocycles.